The van der Waals surface area contributed by atoms with Gasteiger partial charge in [-0.1, -0.05) is 30.3 Å². The molecule has 1 aliphatic rings. The van der Waals surface area contributed by atoms with Gasteiger partial charge in [-0.15, -0.1) is 0 Å². The highest BCUT2D eigenvalue weighted by Crippen LogP contribution is 2.14. The Labute approximate surface area is 149 Å². The topological polar surface area (TPSA) is 59.1 Å². The Hall–Kier alpha value is -2.08. The fourth-order valence-corrected chi connectivity index (χ4v) is 2.62. The summed E-state index contributed by atoms with van der Waals surface area (Å²) in [7, 11) is 0. The fourth-order valence-electron chi connectivity index (χ4n) is 2.62. The molecule has 0 aliphatic carbocycles. The predicted octanol–water partition coefficient (Wildman–Crippen LogP) is 2.67. The molecule has 25 heavy (non-hydrogen) atoms. The Bertz CT molecular complexity index is 575. The number of ether oxygens (including phenoxy) is 2. The molecule has 138 valence electrons. The Morgan fingerprint density at radius 3 is 2.24 bits per heavy atom. The van der Waals surface area contributed by atoms with Gasteiger partial charge < -0.3 is 14.4 Å². The van der Waals surface area contributed by atoms with Crippen molar-refractivity contribution in [1.29, 1.82) is 0 Å². The highest BCUT2D eigenvalue weighted by atomic mass is 16.6. The van der Waals surface area contributed by atoms with Crippen LogP contribution in [0.25, 0.3) is 0 Å². The summed E-state index contributed by atoms with van der Waals surface area (Å²) in [4.78, 5) is 28.0. The average molecular weight is 348 g/mol. The van der Waals surface area contributed by atoms with E-state index in [1.54, 1.807) is 4.90 Å². The molecule has 1 amide bonds. The highest BCUT2D eigenvalue weighted by Gasteiger charge is 2.30. The minimum absolute atomic E-state index is 0.241. The van der Waals surface area contributed by atoms with Crippen molar-refractivity contribution in [2.75, 3.05) is 26.2 Å². The van der Waals surface area contributed by atoms with Gasteiger partial charge in [0, 0.05) is 26.2 Å². The first-order valence-corrected chi connectivity index (χ1v) is 8.69. The van der Waals surface area contributed by atoms with Crippen molar-refractivity contribution in [3.05, 3.63) is 35.9 Å². The summed E-state index contributed by atoms with van der Waals surface area (Å²) in [6, 6.07) is 9.29. The Kier molecular flexibility index (Phi) is 6.42. The summed E-state index contributed by atoms with van der Waals surface area (Å²) < 4.78 is 10.8. The SMILES string of the molecule is CC(C(=O)OCc1ccccc1)N1CCN(C(=O)OC(C)(C)C)CC1. The predicted molar refractivity (Wildman–Crippen MR) is 95.1 cm³/mol. The molecule has 1 unspecified atom stereocenters. The Balaban J connectivity index is 1.77. The molecule has 2 rings (SSSR count). The van der Waals surface area contributed by atoms with E-state index in [2.05, 4.69) is 0 Å². The number of piperazine rings is 1. The van der Waals surface area contributed by atoms with Crippen LogP contribution in [0, 0.1) is 0 Å². The van der Waals surface area contributed by atoms with E-state index in [9.17, 15) is 9.59 Å². The molecule has 0 saturated carbocycles. The number of esters is 1. The lowest BCUT2D eigenvalue weighted by molar-refractivity contribution is -0.151. The summed E-state index contributed by atoms with van der Waals surface area (Å²) in [6.07, 6.45) is -0.300. The van der Waals surface area contributed by atoms with E-state index < -0.39 is 5.60 Å². The van der Waals surface area contributed by atoms with Crippen LogP contribution in [-0.4, -0.2) is 59.7 Å². The Morgan fingerprint density at radius 2 is 1.68 bits per heavy atom. The Morgan fingerprint density at radius 1 is 1.08 bits per heavy atom. The van der Waals surface area contributed by atoms with Crippen LogP contribution >= 0.6 is 0 Å². The molecule has 1 aromatic carbocycles. The average Bonchev–Trinajstić information content (AvgIpc) is 2.58. The minimum Gasteiger partial charge on any atom is -0.460 e. The largest absolute Gasteiger partial charge is 0.460 e. The first-order chi connectivity index (χ1) is 11.8. The maximum absolute atomic E-state index is 12.2. The van der Waals surface area contributed by atoms with Crippen molar-refractivity contribution in [2.24, 2.45) is 0 Å². The summed E-state index contributed by atoms with van der Waals surface area (Å²) in [5.74, 6) is -0.241. The van der Waals surface area contributed by atoms with Gasteiger partial charge in [-0.25, -0.2) is 4.79 Å². The van der Waals surface area contributed by atoms with Crippen molar-refractivity contribution in [2.45, 2.75) is 45.9 Å². The van der Waals surface area contributed by atoms with Crippen molar-refractivity contribution in [3.63, 3.8) is 0 Å². The third kappa shape index (κ3) is 6.05. The zero-order valence-corrected chi connectivity index (χ0v) is 15.5. The summed E-state index contributed by atoms with van der Waals surface area (Å²) in [6.45, 7) is 10.0. The third-order valence-corrected chi connectivity index (χ3v) is 4.08. The molecule has 1 atom stereocenters. The van der Waals surface area contributed by atoms with Crippen LogP contribution in [0.15, 0.2) is 30.3 Å². The van der Waals surface area contributed by atoms with Gasteiger partial charge in [-0.05, 0) is 33.3 Å². The fraction of sp³-hybridized carbons (Fsp3) is 0.579. The molecule has 6 nitrogen and oxygen atoms in total. The van der Waals surface area contributed by atoms with Crippen LogP contribution in [0.5, 0.6) is 0 Å². The molecule has 6 heteroatoms. The maximum Gasteiger partial charge on any atom is 0.410 e. The van der Waals surface area contributed by atoms with Gasteiger partial charge >= 0.3 is 12.1 Å². The van der Waals surface area contributed by atoms with Gasteiger partial charge in [-0.2, -0.15) is 0 Å². The molecule has 0 aromatic heterocycles. The van der Waals surface area contributed by atoms with Crippen LogP contribution in [0.4, 0.5) is 4.79 Å². The molecular formula is C19H28N2O4. The lowest BCUT2D eigenvalue weighted by atomic mass is 10.2. The van der Waals surface area contributed by atoms with E-state index in [1.165, 1.54) is 0 Å². The third-order valence-electron chi connectivity index (χ3n) is 4.08. The zero-order chi connectivity index (χ0) is 18.4. The molecule has 0 bridgehead atoms. The number of carbonyl (C=O) groups is 2. The van der Waals surface area contributed by atoms with Crippen LogP contribution in [-0.2, 0) is 20.9 Å². The second kappa shape index (κ2) is 8.34. The molecular weight excluding hydrogens is 320 g/mol. The second-order valence-corrected chi connectivity index (χ2v) is 7.27. The number of carbonyl (C=O) groups excluding carboxylic acids is 2. The first kappa shape index (κ1) is 19.2. The normalized spacial score (nSPS) is 17.0. The van der Waals surface area contributed by atoms with Crippen LogP contribution in [0.1, 0.15) is 33.3 Å². The molecule has 0 N–H and O–H groups in total. The van der Waals surface area contributed by atoms with Gasteiger partial charge in [0.2, 0.25) is 0 Å². The number of benzene rings is 1. The lowest BCUT2D eigenvalue weighted by Gasteiger charge is -2.37. The van der Waals surface area contributed by atoms with Crippen LogP contribution in [0.3, 0.4) is 0 Å². The highest BCUT2D eigenvalue weighted by molar-refractivity contribution is 5.75. The van der Waals surface area contributed by atoms with E-state index in [1.807, 2.05) is 62.9 Å². The lowest BCUT2D eigenvalue weighted by Crippen LogP contribution is -2.54. The smallest absolute Gasteiger partial charge is 0.410 e. The van der Waals surface area contributed by atoms with E-state index in [-0.39, 0.29) is 24.7 Å². The summed E-state index contributed by atoms with van der Waals surface area (Å²) >= 11 is 0. The molecule has 0 radical (unpaired) electrons. The summed E-state index contributed by atoms with van der Waals surface area (Å²) in [5.41, 5.74) is 0.473. The van der Waals surface area contributed by atoms with Gasteiger partial charge in [0.25, 0.3) is 0 Å². The van der Waals surface area contributed by atoms with Crippen molar-refractivity contribution < 1.29 is 19.1 Å². The van der Waals surface area contributed by atoms with E-state index in [0.29, 0.717) is 26.2 Å². The van der Waals surface area contributed by atoms with Crippen molar-refractivity contribution in [1.82, 2.24) is 9.80 Å². The first-order valence-electron chi connectivity index (χ1n) is 8.69. The zero-order valence-electron chi connectivity index (χ0n) is 15.5. The molecule has 1 heterocycles. The number of hydrogen-bond acceptors (Lipinski definition) is 5. The van der Waals surface area contributed by atoms with Crippen LogP contribution in [0.2, 0.25) is 0 Å². The van der Waals surface area contributed by atoms with Crippen LogP contribution < -0.4 is 0 Å². The quantitative estimate of drug-likeness (QED) is 0.783. The van der Waals surface area contributed by atoms with E-state index in [0.717, 1.165) is 5.56 Å². The standard InChI is InChI=1S/C19H28N2O4/c1-15(17(22)24-14-16-8-6-5-7-9-16)20-10-12-21(13-11-20)18(23)25-19(2,3)4/h5-9,15H,10-14H2,1-4H3. The number of amides is 1. The van der Waals surface area contributed by atoms with Crippen molar-refractivity contribution >= 4 is 12.1 Å². The summed E-state index contributed by atoms with van der Waals surface area (Å²) in [5, 5.41) is 0. The van der Waals surface area contributed by atoms with Crippen molar-refractivity contribution in [3.8, 4) is 0 Å². The number of hydrogen-bond donors (Lipinski definition) is 0. The maximum atomic E-state index is 12.2. The molecule has 1 aromatic rings. The monoisotopic (exact) mass is 348 g/mol. The molecule has 1 fully saturated rings. The van der Waals surface area contributed by atoms with Gasteiger partial charge in [0.15, 0.2) is 0 Å². The molecule has 0 spiro atoms. The van der Waals surface area contributed by atoms with Gasteiger partial charge in [0.05, 0.1) is 0 Å². The minimum atomic E-state index is -0.497. The van der Waals surface area contributed by atoms with E-state index in [4.69, 9.17) is 9.47 Å². The van der Waals surface area contributed by atoms with Gasteiger partial charge in [0.1, 0.15) is 18.2 Å². The molecule has 1 saturated heterocycles. The number of rotatable bonds is 4. The second-order valence-electron chi connectivity index (χ2n) is 7.27. The molecule has 1 aliphatic heterocycles. The van der Waals surface area contributed by atoms with E-state index >= 15 is 0 Å². The number of nitrogens with zero attached hydrogens (tertiary/aromatic N) is 2. The van der Waals surface area contributed by atoms with Gasteiger partial charge in [-0.3, -0.25) is 9.69 Å².